The molecule has 5 nitrogen and oxygen atoms in total. The van der Waals surface area contributed by atoms with Gasteiger partial charge in [0.2, 0.25) is 0 Å². The van der Waals surface area contributed by atoms with E-state index in [1.807, 2.05) is 0 Å². The molecular weight excluding hydrogens is 184 g/mol. The topological polar surface area (TPSA) is 83.8 Å². The maximum Gasteiger partial charge on any atom is 0.330 e. The van der Waals surface area contributed by atoms with Crippen molar-refractivity contribution < 1.29 is 23.4 Å². The minimum atomic E-state index is -2.37. The minimum absolute atomic E-state index is 0.224. The molecule has 2 unspecified atom stereocenters. The Morgan fingerprint density at radius 2 is 2.33 bits per heavy atom. The van der Waals surface area contributed by atoms with Gasteiger partial charge >= 0.3 is 5.97 Å². The Labute approximate surface area is 72.3 Å². The summed E-state index contributed by atoms with van der Waals surface area (Å²) in [6.45, 7) is 1.86. The van der Waals surface area contributed by atoms with Gasteiger partial charge in [-0.1, -0.05) is 0 Å². The largest absolute Gasteiger partial charge is 0.463 e. The number of carbonyl (C=O) groups is 1. The molecule has 6 heteroatoms. The van der Waals surface area contributed by atoms with Crippen molar-refractivity contribution in [2.75, 3.05) is 6.61 Å². The molecule has 0 amide bonds. The van der Waals surface area contributed by atoms with Crippen molar-refractivity contribution in [3.8, 4) is 0 Å². The molecule has 2 N–H and O–H groups in total. The van der Waals surface area contributed by atoms with Crippen LogP contribution in [0.3, 0.4) is 0 Å². The Hall–Kier alpha value is -0.720. The van der Waals surface area contributed by atoms with Gasteiger partial charge < -0.3 is 14.4 Å². The summed E-state index contributed by atoms with van der Waals surface area (Å²) in [4.78, 5) is 10.6. The lowest BCUT2D eigenvalue weighted by molar-refractivity contribution is -0.137. The van der Waals surface area contributed by atoms with Crippen LogP contribution in [0.15, 0.2) is 12.2 Å². The lowest BCUT2D eigenvalue weighted by Crippen LogP contribution is -2.10. The molecule has 0 fully saturated rings. The summed E-state index contributed by atoms with van der Waals surface area (Å²) in [6, 6.07) is 0. The number of rotatable bonds is 4. The molecular formula is C6H10O5S. The van der Waals surface area contributed by atoms with Crippen molar-refractivity contribution in [1.82, 2.24) is 0 Å². The van der Waals surface area contributed by atoms with Gasteiger partial charge in [0.25, 0.3) is 0 Å². The lowest BCUT2D eigenvalue weighted by atomic mass is 10.5. The van der Waals surface area contributed by atoms with Gasteiger partial charge in [0, 0.05) is 6.08 Å². The molecule has 0 radical (unpaired) electrons. The van der Waals surface area contributed by atoms with Crippen molar-refractivity contribution in [3.63, 3.8) is 0 Å². The van der Waals surface area contributed by atoms with Gasteiger partial charge in [-0.3, -0.25) is 0 Å². The summed E-state index contributed by atoms with van der Waals surface area (Å²) in [5, 5.41) is 8.70. The highest BCUT2D eigenvalue weighted by Crippen LogP contribution is 1.91. The molecule has 0 aliphatic heterocycles. The van der Waals surface area contributed by atoms with Gasteiger partial charge in [-0.25, -0.2) is 9.00 Å². The quantitative estimate of drug-likeness (QED) is 0.363. The van der Waals surface area contributed by atoms with E-state index >= 15 is 0 Å². The fraction of sp³-hybridized carbons (Fsp3) is 0.500. The van der Waals surface area contributed by atoms with Crippen molar-refractivity contribution >= 4 is 17.0 Å². The van der Waals surface area contributed by atoms with E-state index in [4.69, 9.17) is 9.66 Å². The van der Waals surface area contributed by atoms with Crippen LogP contribution in [0.4, 0.5) is 0 Å². The van der Waals surface area contributed by atoms with Gasteiger partial charge in [0.1, 0.15) is 0 Å². The Kier molecular flexibility index (Phi) is 5.52. The second kappa shape index (κ2) is 5.87. The van der Waals surface area contributed by atoms with E-state index < -0.39 is 22.5 Å². The predicted molar refractivity (Wildman–Crippen MR) is 42.6 cm³/mol. The highest BCUT2D eigenvalue weighted by atomic mass is 32.2. The molecule has 0 aromatic rings. The third-order valence-corrected chi connectivity index (χ3v) is 1.46. The maximum absolute atomic E-state index is 10.6. The second-order valence-corrected chi connectivity index (χ2v) is 2.81. The first kappa shape index (κ1) is 11.3. The Bertz CT molecular complexity index is 200. The molecule has 0 aliphatic rings. The van der Waals surface area contributed by atoms with E-state index in [1.165, 1.54) is 0 Å². The van der Waals surface area contributed by atoms with Gasteiger partial charge in [-0.05, 0) is 13.0 Å². The third-order valence-electron chi connectivity index (χ3n) is 0.890. The van der Waals surface area contributed by atoms with Crippen LogP contribution in [0.2, 0.25) is 0 Å². The fourth-order valence-electron chi connectivity index (χ4n) is 0.418. The van der Waals surface area contributed by atoms with E-state index in [9.17, 15) is 9.00 Å². The monoisotopic (exact) mass is 194 g/mol. The van der Waals surface area contributed by atoms with Crippen molar-refractivity contribution in [3.05, 3.63) is 12.2 Å². The molecule has 70 valence electrons. The summed E-state index contributed by atoms with van der Waals surface area (Å²) in [7, 11) is 0. The molecule has 0 aliphatic carbocycles. The average Bonchev–Trinajstić information content (AvgIpc) is 2.00. The standard InChI is InChI=1S/C6H10O5S/c1-2-11-5(7)3-4-6(8)12(9)10/h3-4,6,8H,2H2,1H3,(H,9,10)/b4-3+. The molecule has 0 bridgehead atoms. The maximum atomic E-state index is 10.6. The highest BCUT2D eigenvalue weighted by molar-refractivity contribution is 7.79. The molecule has 0 aromatic carbocycles. The normalized spacial score (nSPS) is 15.9. The van der Waals surface area contributed by atoms with Crippen LogP contribution in [-0.2, 0) is 20.6 Å². The minimum Gasteiger partial charge on any atom is -0.463 e. The first-order chi connectivity index (χ1) is 5.57. The zero-order chi connectivity index (χ0) is 9.56. The van der Waals surface area contributed by atoms with E-state index in [1.54, 1.807) is 6.92 Å². The second-order valence-electron chi connectivity index (χ2n) is 1.78. The summed E-state index contributed by atoms with van der Waals surface area (Å²) < 4.78 is 22.9. The van der Waals surface area contributed by atoms with Gasteiger partial charge in [-0.2, -0.15) is 0 Å². The van der Waals surface area contributed by atoms with E-state index in [2.05, 4.69) is 4.74 Å². The molecule has 0 heterocycles. The number of hydrogen-bond donors (Lipinski definition) is 2. The third kappa shape index (κ3) is 5.00. The Balaban J connectivity index is 3.89. The summed E-state index contributed by atoms with van der Waals surface area (Å²) in [5.41, 5.74) is -1.55. The van der Waals surface area contributed by atoms with Crippen LogP contribution in [0.1, 0.15) is 6.92 Å². The summed E-state index contributed by atoms with van der Waals surface area (Å²) in [6.07, 6.45) is 1.80. The number of ether oxygens (including phenoxy) is 1. The van der Waals surface area contributed by atoms with Gasteiger partial charge in [0.15, 0.2) is 16.5 Å². The number of esters is 1. The smallest absolute Gasteiger partial charge is 0.330 e. The predicted octanol–water partition coefficient (Wildman–Crippen LogP) is -0.354. The lowest BCUT2D eigenvalue weighted by Gasteiger charge is -1.97. The van der Waals surface area contributed by atoms with Gasteiger partial charge in [0.05, 0.1) is 6.61 Å². The van der Waals surface area contributed by atoms with E-state index in [0.717, 1.165) is 12.2 Å². The molecule has 0 saturated heterocycles. The van der Waals surface area contributed by atoms with Crippen LogP contribution < -0.4 is 0 Å². The molecule has 0 aromatic heterocycles. The molecule has 0 rings (SSSR count). The molecule has 0 saturated carbocycles. The number of aliphatic hydroxyl groups excluding tert-OH is 1. The number of carbonyl (C=O) groups excluding carboxylic acids is 1. The molecule has 12 heavy (non-hydrogen) atoms. The first-order valence-corrected chi connectivity index (χ1v) is 4.37. The Morgan fingerprint density at radius 3 is 2.75 bits per heavy atom. The van der Waals surface area contributed by atoms with Crippen LogP contribution in [0.5, 0.6) is 0 Å². The zero-order valence-electron chi connectivity index (χ0n) is 6.47. The number of hydrogen-bond acceptors (Lipinski definition) is 4. The fourth-order valence-corrected chi connectivity index (χ4v) is 0.631. The van der Waals surface area contributed by atoms with Crippen molar-refractivity contribution in [2.45, 2.75) is 12.4 Å². The van der Waals surface area contributed by atoms with Gasteiger partial charge in [-0.15, -0.1) is 0 Å². The molecule has 0 spiro atoms. The van der Waals surface area contributed by atoms with Crippen LogP contribution in [0.25, 0.3) is 0 Å². The van der Waals surface area contributed by atoms with E-state index in [-0.39, 0.29) is 6.61 Å². The van der Waals surface area contributed by atoms with Crippen molar-refractivity contribution in [1.29, 1.82) is 0 Å². The summed E-state index contributed by atoms with van der Waals surface area (Å²) >= 11 is -2.37. The van der Waals surface area contributed by atoms with Crippen molar-refractivity contribution in [2.24, 2.45) is 0 Å². The summed E-state index contributed by atoms with van der Waals surface area (Å²) in [5.74, 6) is -0.651. The van der Waals surface area contributed by atoms with Crippen LogP contribution in [0, 0.1) is 0 Å². The van der Waals surface area contributed by atoms with Crippen LogP contribution >= 0.6 is 0 Å². The zero-order valence-corrected chi connectivity index (χ0v) is 7.28. The average molecular weight is 194 g/mol. The Morgan fingerprint density at radius 1 is 1.75 bits per heavy atom. The number of aliphatic hydroxyl groups is 1. The first-order valence-electron chi connectivity index (χ1n) is 3.20. The molecule has 2 atom stereocenters. The van der Waals surface area contributed by atoms with E-state index in [0.29, 0.717) is 0 Å². The highest BCUT2D eigenvalue weighted by Gasteiger charge is 2.05. The van der Waals surface area contributed by atoms with Crippen LogP contribution in [-0.4, -0.2) is 31.9 Å². The SMILES string of the molecule is CCOC(=O)/C=C/C(O)S(=O)O.